The van der Waals surface area contributed by atoms with Crippen LogP contribution in [-0.2, 0) is 30.2 Å². The standard InChI is InChI=1S/C18H24N2O6/c1-13(19)17(21)25-8-7-15-3-5-16(6-4-15)24-11-9-23-10-12-26-18(22)14(2)20/h3-6H,1-2,7-12,19-20H2. The minimum Gasteiger partial charge on any atom is -0.491 e. The number of hydrogen-bond acceptors (Lipinski definition) is 8. The van der Waals surface area contributed by atoms with E-state index in [1.165, 1.54) is 0 Å². The fourth-order valence-electron chi connectivity index (χ4n) is 1.71. The maximum absolute atomic E-state index is 11.2. The van der Waals surface area contributed by atoms with E-state index in [0.29, 0.717) is 25.4 Å². The first-order valence-electron chi connectivity index (χ1n) is 7.92. The van der Waals surface area contributed by atoms with Gasteiger partial charge in [-0.1, -0.05) is 25.3 Å². The molecular formula is C18H24N2O6. The first kappa shape index (κ1) is 21.0. The van der Waals surface area contributed by atoms with Gasteiger partial charge in [0.2, 0.25) is 0 Å². The second-order valence-corrected chi connectivity index (χ2v) is 5.18. The zero-order valence-electron chi connectivity index (χ0n) is 14.6. The Hall–Kier alpha value is -3.00. The average Bonchev–Trinajstić information content (AvgIpc) is 2.61. The molecule has 0 atom stereocenters. The van der Waals surface area contributed by atoms with Gasteiger partial charge in [0.25, 0.3) is 0 Å². The summed E-state index contributed by atoms with van der Waals surface area (Å²) in [5.41, 5.74) is 11.1. The molecule has 0 aromatic heterocycles. The van der Waals surface area contributed by atoms with Crippen molar-refractivity contribution < 1.29 is 28.5 Å². The Balaban J connectivity index is 2.13. The van der Waals surface area contributed by atoms with Gasteiger partial charge < -0.3 is 30.4 Å². The highest BCUT2D eigenvalue weighted by Gasteiger charge is 2.04. The zero-order valence-corrected chi connectivity index (χ0v) is 14.6. The molecule has 0 aliphatic carbocycles. The van der Waals surface area contributed by atoms with Crippen LogP contribution in [-0.4, -0.2) is 45.0 Å². The molecule has 0 heterocycles. The maximum Gasteiger partial charge on any atom is 0.353 e. The van der Waals surface area contributed by atoms with E-state index in [9.17, 15) is 9.59 Å². The van der Waals surface area contributed by atoms with Gasteiger partial charge in [-0.25, -0.2) is 9.59 Å². The largest absolute Gasteiger partial charge is 0.491 e. The third kappa shape index (κ3) is 8.74. The lowest BCUT2D eigenvalue weighted by Crippen LogP contribution is -2.17. The summed E-state index contributed by atoms with van der Waals surface area (Å²) in [6, 6.07) is 7.38. The quantitative estimate of drug-likeness (QED) is 0.315. The normalized spacial score (nSPS) is 10.0. The Morgan fingerprint density at radius 2 is 1.35 bits per heavy atom. The molecule has 4 N–H and O–H groups in total. The Morgan fingerprint density at radius 3 is 1.92 bits per heavy atom. The molecule has 0 saturated carbocycles. The monoisotopic (exact) mass is 364 g/mol. The van der Waals surface area contributed by atoms with E-state index in [1.54, 1.807) is 0 Å². The van der Waals surface area contributed by atoms with Gasteiger partial charge in [0.15, 0.2) is 0 Å². The van der Waals surface area contributed by atoms with E-state index in [4.69, 9.17) is 30.4 Å². The molecule has 1 aromatic carbocycles. The highest BCUT2D eigenvalue weighted by molar-refractivity contribution is 5.86. The van der Waals surface area contributed by atoms with Crippen molar-refractivity contribution in [3.63, 3.8) is 0 Å². The van der Waals surface area contributed by atoms with E-state index in [2.05, 4.69) is 13.2 Å². The Labute approximate surface area is 152 Å². The molecule has 0 aliphatic rings. The van der Waals surface area contributed by atoms with Crippen LogP contribution in [0.3, 0.4) is 0 Å². The number of nitrogens with two attached hydrogens (primary N) is 2. The molecule has 0 bridgehead atoms. The van der Waals surface area contributed by atoms with Crippen LogP contribution in [0.25, 0.3) is 0 Å². The van der Waals surface area contributed by atoms with Crippen LogP contribution in [0.15, 0.2) is 48.8 Å². The number of ether oxygens (including phenoxy) is 4. The Bertz CT molecular complexity index is 627. The van der Waals surface area contributed by atoms with Gasteiger partial charge in [-0.15, -0.1) is 0 Å². The summed E-state index contributed by atoms with van der Waals surface area (Å²) in [6.07, 6.45) is 0.566. The van der Waals surface area contributed by atoms with Crippen LogP contribution < -0.4 is 16.2 Å². The van der Waals surface area contributed by atoms with E-state index in [1.807, 2.05) is 24.3 Å². The number of benzene rings is 1. The van der Waals surface area contributed by atoms with Crippen molar-refractivity contribution in [1.82, 2.24) is 0 Å². The van der Waals surface area contributed by atoms with Crippen molar-refractivity contribution >= 4 is 11.9 Å². The molecule has 1 aromatic rings. The maximum atomic E-state index is 11.2. The molecule has 1 rings (SSSR count). The van der Waals surface area contributed by atoms with Gasteiger partial charge in [0, 0.05) is 6.42 Å². The molecule has 0 spiro atoms. The summed E-state index contributed by atoms with van der Waals surface area (Å²) in [5, 5.41) is 0. The predicted molar refractivity (Wildman–Crippen MR) is 95.0 cm³/mol. The first-order chi connectivity index (χ1) is 12.4. The summed E-state index contributed by atoms with van der Waals surface area (Å²) in [4.78, 5) is 22.2. The Morgan fingerprint density at radius 1 is 0.808 bits per heavy atom. The molecule has 0 radical (unpaired) electrons. The van der Waals surface area contributed by atoms with Crippen molar-refractivity contribution in [2.75, 3.05) is 33.0 Å². The lowest BCUT2D eigenvalue weighted by atomic mass is 10.1. The molecule has 0 saturated heterocycles. The van der Waals surface area contributed by atoms with Crippen LogP contribution in [0.5, 0.6) is 5.75 Å². The highest BCUT2D eigenvalue weighted by Crippen LogP contribution is 2.12. The molecule has 8 heteroatoms. The van der Waals surface area contributed by atoms with Gasteiger partial charge >= 0.3 is 11.9 Å². The van der Waals surface area contributed by atoms with Gasteiger partial charge in [-0.3, -0.25) is 0 Å². The van der Waals surface area contributed by atoms with Crippen LogP contribution in [0.2, 0.25) is 0 Å². The summed E-state index contributed by atoms with van der Waals surface area (Å²) in [7, 11) is 0. The number of carbonyl (C=O) groups excluding carboxylic acids is 2. The third-order valence-corrected chi connectivity index (χ3v) is 3.03. The fraction of sp³-hybridized carbons (Fsp3) is 0.333. The molecule has 142 valence electrons. The van der Waals surface area contributed by atoms with E-state index in [-0.39, 0.29) is 31.2 Å². The van der Waals surface area contributed by atoms with Gasteiger partial charge in [0.1, 0.15) is 30.4 Å². The Kier molecular flexibility index (Phi) is 9.34. The van der Waals surface area contributed by atoms with Crippen LogP contribution in [0.1, 0.15) is 5.56 Å². The molecular weight excluding hydrogens is 340 g/mol. The topological polar surface area (TPSA) is 123 Å². The number of carbonyl (C=O) groups is 2. The minimum absolute atomic E-state index is 0.103. The lowest BCUT2D eigenvalue weighted by molar-refractivity contribution is -0.141. The van der Waals surface area contributed by atoms with Gasteiger partial charge in [-0.05, 0) is 17.7 Å². The van der Waals surface area contributed by atoms with Crippen molar-refractivity contribution in [2.24, 2.45) is 11.5 Å². The zero-order chi connectivity index (χ0) is 19.4. The number of rotatable bonds is 12. The lowest BCUT2D eigenvalue weighted by Gasteiger charge is -2.09. The van der Waals surface area contributed by atoms with E-state index < -0.39 is 11.9 Å². The third-order valence-electron chi connectivity index (χ3n) is 3.03. The van der Waals surface area contributed by atoms with Crippen LogP contribution in [0.4, 0.5) is 0 Å². The summed E-state index contributed by atoms with van der Waals surface area (Å²) in [6.45, 7) is 7.85. The van der Waals surface area contributed by atoms with Crippen LogP contribution >= 0.6 is 0 Å². The second kappa shape index (κ2) is 11.5. The summed E-state index contributed by atoms with van der Waals surface area (Å²) < 4.78 is 20.5. The highest BCUT2D eigenvalue weighted by atomic mass is 16.6. The summed E-state index contributed by atoms with van der Waals surface area (Å²) in [5.74, 6) is -0.559. The number of hydrogen-bond donors (Lipinski definition) is 2. The molecule has 0 unspecified atom stereocenters. The van der Waals surface area contributed by atoms with Crippen molar-refractivity contribution in [2.45, 2.75) is 6.42 Å². The molecule has 26 heavy (non-hydrogen) atoms. The summed E-state index contributed by atoms with van der Waals surface area (Å²) >= 11 is 0. The van der Waals surface area contributed by atoms with E-state index >= 15 is 0 Å². The molecule has 0 fully saturated rings. The van der Waals surface area contributed by atoms with Crippen molar-refractivity contribution in [3.8, 4) is 5.75 Å². The molecule has 0 aliphatic heterocycles. The van der Waals surface area contributed by atoms with Crippen molar-refractivity contribution in [1.29, 1.82) is 0 Å². The molecule has 8 nitrogen and oxygen atoms in total. The van der Waals surface area contributed by atoms with E-state index in [0.717, 1.165) is 5.56 Å². The fourth-order valence-corrected chi connectivity index (χ4v) is 1.71. The van der Waals surface area contributed by atoms with Gasteiger partial charge in [0.05, 0.1) is 19.8 Å². The average molecular weight is 364 g/mol. The van der Waals surface area contributed by atoms with Crippen LogP contribution in [0, 0.1) is 0 Å². The SMILES string of the molecule is C=C(N)C(=O)OCCOCCOc1ccc(CCOC(=O)C(=C)N)cc1. The smallest absolute Gasteiger partial charge is 0.353 e. The number of esters is 2. The first-order valence-corrected chi connectivity index (χ1v) is 7.92. The predicted octanol–water partition coefficient (Wildman–Crippen LogP) is 0.656. The van der Waals surface area contributed by atoms with Crippen molar-refractivity contribution in [3.05, 3.63) is 54.4 Å². The molecule has 0 amide bonds. The van der Waals surface area contributed by atoms with Gasteiger partial charge in [-0.2, -0.15) is 0 Å². The minimum atomic E-state index is -0.646. The second-order valence-electron chi connectivity index (χ2n) is 5.18.